The number of carbonyl (C=O) groups is 1. The molecule has 1 aromatic carbocycles. The van der Waals surface area contributed by atoms with Crippen LogP contribution in [-0.4, -0.2) is 42.0 Å². The zero-order valence-electron chi connectivity index (χ0n) is 12.4. The minimum Gasteiger partial charge on any atom is -0.370 e. The predicted octanol–water partition coefficient (Wildman–Crippen LogP) is 3.52. The van der Waals surface area contributed by atoms with Crippen molar-refractivity contribution in [2.45, 2.75) is 38.9 Å². The van der Waals surface area contributed by atoms with Crippen LogP contribution in [0.5, 0.6) is 0 Å². The highest BCUT2D eigenvalue weighted by Gasteiger charge is 2.31. The summed E-state index contributed by atoms with van der Waals surface area (Å²) in [6.07, 6.45) is 0.777. The van der Waals surface area contributed by atoms with Gasteiger partial charge in [-0.2, -0.15) is 0 Å². The van der Waals surface area contributed by atoms with Crippen LogP contribution in [0.1, 0.15) is 37.6 Å². The maximum atomic E-state index is 12.2. The van der Waals surface area contributed by atoms with Crippen LogP contribution in [0.4, 0.5) is 0 Å². The van der Waals surface area contributed by atoms with E-state index in [2.05, 4.69) is 41.6 Å². The largest absolute Gasteiger partial charge is 0.370 e. The van der Waals surface area contributed by atoms with Gasteiger partial charge in [-0.3, -0.25) is 9.69 Å². The van der Waals surface area contributed by atoms with E-state index in [1.807, 2.05) is 24.3 Å². The number of hydrogen-bond donors (Lipinski definition) is 0. The molecule has 1 fully saturated rings. The molecule has 2 rings (SSSR count). The molecule has 4 heteroatoms. The summed E-state index contributed by atoms with van der Waals surface area (Å²) in [4.78, 5) is 14.5. The van der Waals surface area contributed by atoms with Gasteiger partial charge in [0.05, 0.1) is 11.7 Å². The van der Waals surface area contributed by atoms with E-state index in [1.54, 1.807) is 0 Å². The molecule has 1 aliphatic heterocycles. The summed E-state index contributed by atoms with van der Waals surface area (Å²) in [6.45, 7) is 8.86. The lowest BCUT2D eigenvalue weighted by molar-refractivity contribution is -0.128. The molecule has 3 nitrogen and oxygen atoms in total. The maximum Gasteiger partial charge on any atom is 0.164 e. The summed E-state index contributed by atoms with van der Waals surface area (Å²) < 4.78 is 6.83. The Morgan fingerprint density at radius 1 is 1.50 bits per heavy atom. The van der Waals surface area contributed by atoms with Gasteiger partial charge in [-0.1, -0.05) is 28.1 Å². The van der Waals surface area contributed by atoms with Crippen molar-refractivity contribution in [1.82, 2.24) is 4.90 Å². The van der Waals surface area contributed by atoms with Gasteiger partial charge in [0.25, 0.3) is 0 Å². The standard InChI is InChI=1S/C16H22BrNO2/c1-12-10-18(11-16(2,3)20-12)8-7-15(19)13-5-4-6-14(17)9-13/h4-6,9,12H,7-8,10-11H2,1-3H3. The Balaban J connectivity index is 1.90. The minimum atomic E-state index is -0.128. The predicted molar refractivity (Wildman–Crippen MR) is 84.2 cm³/mol. The van der Waals surface area contributed by atoms with E-state index in [4.69, 9.17) is 4.74 Å². The average Bonchev–Trinajstić information content (AvgIpc) is 2.33. The van der Waals surface area contributed by atoms with Crippen LogP contribution in [0.15, 0.2) is 28.7 Å². The topological polar surface area (TPSA) is 29.5 Å². The zero-order chi connectivity index (χ0) is 14.8. The fourth-order valence-electron chi connectivity index (χ4n) is 2.82. The van der Waals surface area contributed by atoms with E-state index in [-0.39, 0.29) is 17.5 Å². The van der Waals surface area contributed by atoms with Crippen LogP contribution in [0.2, 0.25) is 0 Å². The number of ether oxygens (including phenoxy) is 1. The Morgan fingerprint density at radius 3 is 2.90 bits per heavy atom. The van der Waals surface area contributed by atoms with E-state index in [1.165, 1.54) is 0 Å². The van der Waals surface area contributed by atoms with Gasteiger partial charge < -0.3 is 4.74 Å². The van der Waals surface area contributed by atoms with Crippen molar-refractivity contribution in [2.75, 3.05) is 19.6 Å². The highest BCUT2D eigenvalue weighted by Crippen LogP contribution is 2.21. The van der Waals surface area contributed by atoms with Crippen molar-refractivity contribution >= 4 is 21.7 Å². The van der Waals surface area contributed by atoms with Gasteiger partial charge in [0, 0.05) is 36.1 Å². The first kappa shape index (κ1) is 15.7. The number of carbonyl (C=O) groups excluding carboxylic acids is 1. The summed E-state index contributed by atoms with van der Waals surface area (Å²) in [5.74, 6) is 0.197. The molecule has 0 aliphatic carbocycles. The Kier molecular flexibility index (Phi) is 4.99. The fraction of sp³-hybridized carbons (Fsp3) is 0.562. The van der Waals surface area contributed by atoms with Gasteiger partial charge in [-0.25, -0.2) is 0 Å². The van der Waals surface area contributed by atoms with Gasteiger partial charge >= 0.3 is 0 Å². The van der Waals surface area contributed by atoms with Gasteiger partial charge in [-0.15, -0.1) is 0 Å². The average molecular weight is 340 g/mol. The van der Waals surface area contributed by atoms with E-state index in [0.29, 0.717) is 6.42 Å². The number of morpholine rings is 1. The molecule has 20 heavy (non-hydrogen) atoms. The summed E-state index contributed by atoms with van der Waals surface area (Å²) in [5.41, 5.74) is 0.649. The van der Waals surface area contributed by atoms with Gasteiger partial charge in [0.15, 0.2) is 5.78 Å². The van der Waals surface area contributed by atoms with Crippen molar-refractivity contribution in [3.8, 4) is 0 Å². The molecule has 1 atom stereocenters. The number of halogens is 1. The Labute approximate surface area is 129 Å². The van der Waals surface area contributed by atoms with Crippen LogP contribution in [0.3, 0.4) is 0 Å². The second-order valence-corrected chi connectivity index (χ2v) is 7.02. The van der Waals surface area contributed by atoms with E-state index < -0.39 is 0 Å². The summed E-state index contributed by atoms with van der Waals surface area (Å²) in [5, 5.41) is 0. The monoisotopic (exact) mass is 339 g/mol. The second-order valence-electron chi connectivity index (χ2n) is 6.11. The molecule has 0 saturated carbocycles. The smallest absolute Gasteiger partial charge is 0.164 e. The number of ketones is 1. The van der Waals surface area contributed by atoms with Gasteiger partial charge in [0.1, 0.15) is 0 Å². The molecule has 0 aromatic heterocycles. The molecular weight excluding hydrogens is 318 g/mol. The quantitative estimate of drug-likeness (QED) is 0.786. The first-order valence-corrected chi connectivity index (χ1v) is 7.84. The highest BCUT2D eigenvalue weighted by molar-refractivity contribution is 9.10. The van der Waals surface area contributed by atoms with E-state index in [9.17, 15) is 4.79 Å². The molecule has 1 unspecified atom stereocenters. The third kappa shape index (κ3) is 4.40. The fourth-order valence-corrected chi connectivity index (χ4v) is 3.22. The van der Waals surface area contributed by atoms with Crippen molar-refractivity contribution in [3.05, 3.63) is 34.3 Å². The lowest BCUT2D eigenvalue weighted by Crippen LogP contribution is -2.52. The van der Waals surface area contributed by atoms with E-state index >= 15 is 0 Å². The molecule has 1 aliphatic rings. The van der Waals surface area contributed by atoms with Crippen LogP contribution in [0.25, 0.3) is 0 Å². The van der Waals surface area contributed by atoms with Crippen molar-refractivity contribution in [2.24, 2.45) is 0 Å². The van der Waals surface area contributed by atoms with Crippen molar-refractivity contribution in [1.29, 1.82) is 0 Å². The molecular formula is C16H22BrNO2. The first-order chi connectivity index (χ1) is 9.35. The summed E-state index contributed by atoms with van der Waals surface area (Å²) in [7, 11) is 0. The zero-order valence-corrected chi connectivity index (χ0v) is 13.9. The Morgan fingerprint density at radius 2 is 2.25 bits per heavy atom. The third-order valence-electron chi connectivity index (χ3n) is 3.44. The summed E-state index contributed by atoms with van der Waals surface area (Å²) >= 11 is 3.40. The number of rotatable bonds is 4. The lowest BCUT2D eigenvalue weighted by atomic mass is 10.0. The Bertz CT molecular complexity index is 487. The summed E-state index contributed by atoms with van der Waals surface area (Å²) in [6, 6.07) is 7.59. The van der Waals surface area contributed by atoms with Gasteiger partial charge in [-0.05, 0) is 32.9 Å². The van der Waals surface area contributed by atoms with Crippen LogP contribution < -0.4 is 0 Å². The molecule has 0 amide bonds. The molecule has 1 aromatic rings. The SMILES string of the molecule is CC1CN(CCC(=O)c2cccc(Br)c2)CC(C)(C)O1. The minimum absolute atomic E-state index is 0.128. The molecule has 110 valence electrons. The molecule has 0 bridgehead atoms. The molecule has 0 spiro atoms. The molecule has 1 saturated heterocycles. The van der Waals surface area contributed by atoms with Gasteiger partial charge in [0.2, 0.25) is 0 Å². The number of hydrogen-bond acceptors (Lipinski definition) is 3. The first-order valence-electron chi connectivity index (χ1n) is 7.05. The van der Waals surface area contributed by atoms with Crippen molar-refractivity contribution in [3.63, 3.8) is 0 Å². The van der Waals surface area contributed by atoms with Crippen LogP contribution in [0, 0.1) is 0 Å². The number of nitrogens with zero attached hydrogens (tertiary/aromatic N) is 1. The number of benzene rings is 1. The normalized spacial score (nSPS) is 22.7. The maximum absolute atomic E-state index is 12.2. The third-order valence-corrected chi connectivity index (χ3v) is 3.93. The highest BCUT2D eigenvalue weighted by atomic mass is 79.9. The molecule has 1 heterocycles. The Hall–Kier alpha value is -0.710. The lowest BCUT2D eigenvalue weighted by Gasteiger charge is -2.41. The second kappa shape index (κ2) is 6.37. The number of Topliss-reactive ketones (excluding diaryl/α,β-unsaturated/α-hetero) is 1. The van der Waals surface area contributed by atoms with Crippen molar-refractivity contribution < 1.29 is 9.53 Å². The van der Waals surface area contributed by atoms with E-state index in [0.717, 1.165) is 29.7 Å². The van der Waals surface area contributed by atoms with Crippen LogP contribution >= 0.6 is 15.9 Å². The molecule has 0 radical (unpaired) electrons. The van der Waals surface area contributed by atoms with Crippen LogP contribution in [-0.2, 0) is 4.74 Å². The molecule has 0 N–H and O–H groups in total.